The van der Waals surface area contributed by atoms with Crippen LogP contribution in [0.4, 0.5) is 19.7 Å². The normalized spacial score (nSPS) is 23.7. The molecule has 3 fully saturated rings. The number of alkyl halides is 1. The van der Waals surface area contributed by atoms with Gasteiger partial charge in [0, 0.05) is 55.7 Å². The zero-order valence-electron chi connectivity index (χ0n) is 21.2. The van der Waals surface area contributed by atoms with Crippen molar-refractivity contribution in [3.8, 4) is 17.1 Å². The Hall–Kier alpha value is -2.86. The van der Waals surface area contributed by atoms with Gasteiger partial charge in [0.05, 0.1) is 20.8 Å². The van der Waals surface area contributed by atoms with E-state index in [9.17, 15) is 4.39 Å². The van der Waals surface area contributed by atoms with Gasteiger partial charge < -0.3 is 20.7 Å². The first-order valence-corrected chi connectivity index (χ1v) is 14.4. The molecule has 3 aliphatic heterocycles. The number of thiazole rings is 1. The molecule has 12 heteroatoms. The number of hydrogen-bond donors (Lipinski definition) is 2. The van der Waals surface area contributed by atoms with E-state index in [2.05, 4.69) is 25.1 Å². The zero-order chi connectivity index (χ0) is 26.7. The molecule has 3 aliphatic rings. The molecule has 7 rings (SSSR count). The van der Waals surface area contributed by atoms with Crippen molar-refractivity contribution in [2.24, 2.45) is 0 Å². The number of para-hydroxylation sites is 1. The number of nitrogen functional groups attached to an aromatic ring is 1. The number of benzene rings is 2. The Bertz CT molecular complexity index is 1580. The number of fused-ring (bicyclic) bond motifs is 3. The maximum Gasteiger partial charge on any atom is 0.319 e. The van der Waals surface area contributed by atoms with E-state index in [0.717, 1.165) is 37.2 Å². The van der Waals surface area contributed by atoms with Crippen LogP contribution in [0.25, 0.3) is 32.2 Å². The molecule has 0 radical (unpaired) electrons. The molecule has 2 aromatic heterocycles. The first-order valence-electron chi connectivity index (χ1n) is 13.2. The van der Waals surface area contributed by atoms with Gasteiger partial charge in [-0.1, -0.05) is 35.1 Å². The molecule has 5 heterocycles. The minimum absolute atomic E-state index is 0.0860. The summed E-state index contributed by atoms with van der Waals surface area (Å²) in [6.07, 6.45) is 1.43. The zero-order valence-corrected chi connectivity index (χ0v) is 22.8. The Kier molecular flexibility index (Phi) is 6.22. The molecular weight excluding hydrogens is 544 g/mol. The highest BCUT2D eigenvalue weighted by atomic mass is 35.5. The summed E-state index contributed by atoms with van der Waals surface area (Å²) in [4.78, 5) is 18.0. The highest BCUT2D eigenvalue weighted by Gasteiger charge is 2.49. The van der Waals surface area contributed by atoms with Crippen LogP contribution in [-0.4, -0.2) is 77.4 Å². The van der Waals surface area contributed by atoms with Crippen LogP contribution in [0.5, 0.6) is 6.01 Å². The molecular formula is C27H28ClF2N7OS. The molecule has 204 valence electrons. The maximum atomic E-state index is 16.5. The number of hydrogen-bond acceptors (Lipinski definition) is 9. The number of anilines is 2. The third-order valence-corrected chi connectivity index (χ3v) is 9.34. The number of halogens is 3. The van der Waals surface area contributed by atoms with Crippen molar-refractivity contribution in [1.29, 1.82) is 0 Å². The van der Waals surface area contributed by atoms with Gasteiger partial charge in [0.25, 0.3) is 0 Å². The molecule has 3 saturated heterocycles. The SMILES string of the molecule is Nc1nc2c(-c3c(Cl)cc4c(N5CCNCC5)nc(OC[C@]56CCCN5C[C@H](F)C6)nc4c3F)cccc2s1. The minimum Gasteiger partial charge on any atom is -0.461 e. The number of ether oxygens (including phenoxy) is 1. The van der Waals surface area contributed by atoms with Crippen LogP contribution < -0.4 is 20.7 Å². The van der Waals surface area contributed by atoms with E-state index < -0.39 is 12.0 Å². The van der Waals surface area contributed by atoms with E-state index in [0.29, 0.717) is 53.5 Å². The minimum atomic E-state index is -0.868. The van der Waals surface area contributed by atoms with Gasteiger partial charge in [-0.05, 0) is 31.5 Å². The number of piperazine rings is 1. The van der Waals surface area contributed by atoms with Crippen molar-refractivity contribution in [2.75, 3.05) is 56.5 Å². The molecule has 8 nitrogen and oxygen atoms in total. The predicted molar refractivity (Wildman–Crippen MR) is 151 cm³/mol. The average Bonchev–Trinajstić information content (AvgIpc) is 3.59. The molecule has 0 bridgehead atoms. The van der Waals surface area contributed by atoms with Gasteiger partial charge in [-0.25, -0.2) is 13.8 Å². The molecule has 0 unspecified atom stereocenters. The first-order chi connectivity index (χ1) is 18.9. The fraction of sp³-hybridized carbons (Fsp3) is 0.444. The van der Waals surface area contributed by atoms with Gasteiger partial charge in [-0.3, -0.25) is 4.90 Å². The van der Waals surface area contributed by atoms with E-state index in [1.807, 2.05) is 12.1 Å². The second kappa shape index (κ2) is 9.65. The van der Waals surface area contributed by atoms with Crippen molar-refractivity contribution in [3.05, 3.63) is 35.1 Å². The second-order valence-electron chi connectivity index (χ2n) is 10.6. The summed E-state index contributed by atoms with van der Waals surface area (Å²) in [6.45, 7) is 4.50. The third kappa shape index (κ3) is 4.26. The molecule has 39 heavy (non-hydrogen) atoms. The van der Waals surface area contributed by atoms with Gasteiger partial charge in [0.2, 0.25) is 0 Å². The Morgan fingerprint density at radius 1 is 1.18 bits per heavy atom. The Morgan fingerprint density at radius 2 is 2.03 bits per heavy atom. The number of nitrogens with two attached hydrogens (primary N) is 1. The van der Waals surface area contributed by atoms with Crippen molar-refractivity contribution in [2.45, 2.75) is 31.0 Å². The molecule has 4 aromatic rings. The second-order valence-corrected chi connectivity index (χ2v) is 12.0. The summed E-state index contributed by atoms with van der Waals surface area (Å²) >= 11 is 8.11. The summed E-state index contributed by atoms with van der Waals surface area (Å²) in [6, 6.07) is 7.33. The summed E-state index contributed by atoms with van der Waals surface area (Å²) in [5.74, 6) is 0.0149. The lowest BCUT2D eigenvalue weighted by molar-refractivity contribution is 0.107. The van der Waals surface area contributed by atoms with Crippen LogP contribution in [0.3, 0.4) is 0 Å². The van der Waals surface area contributed by atoms with Crippen molar-refractivity contribution in [3.63, 3.8) is 0 Å². The Labute approximate surface area is 233 Å². The van der Waals surface area contributed by atoms with E-state index in [4.69, 9.17) is 27.1 Å². The standard InChI is InChI=1S/C27H28ClF2N7OS/c28-18-11-17-23(21(30)20(18)16-3-1-4-19-22(16)33-25(31)39-19)34-26(35-24(17)36-9-6-32-7-10-36)38-14-27-5-2-8-37(27)13-15(29)12-27/h1,3-4,11,15,32H,2,5-10,12-14H2,(H2,31,33)/t15-,27-/m1/s1. The molecule has 2 aromatic carbocycles. The molecule has 2 atom stereocenters. The van der Waals surface area contributed by atoms with Gasteiger partial charge >= 0.3 is 6.01 Å². The number of rotatable bonds is 5. The van der Waals surface area contributed by atoms with E-state index in [-0.39, 0.29) is 34.3 Å². The van der Waals surface area contributed by atoms with Crippen molar-refractivity contribution < 1.29 is 13.5 Å². The Morgan fingerprint density at radius 3 is 2.87 bits per heavy atom. The number of nitrogens with one attached hydrogen (secondary N) is 1. The van der Waals surface area contributed by atoms with Gasteiger partial charge in [0.15, 0.2) is 10.9 Å². The highest BCUT2D eigenvalue weighted by molar-refractivity contribution is 7.22. The van der Waals surface area contributed by atoms with Crippen LogP contribution in [0, 0.1) is 5.82 Å². The molecule has 0 spiro atoms. The molecule has 0 saturated carbocycles. The smallest absolute Gasteiger partial charge is 0.319 e. The fourth-order valence-electron chi connectivity index (χ4n) is 6.40. The van der Waals surface area contributed by atoms with Crippen LogP contribution >= 0.6 is 22.9 Å². The number of nitrogens with zero attached hydrogens (tertiary/aromatic N) is 5. The quantitative estimate of drug-likeness (QED) is 0.358. The maximum absolute atomic E-state index is 16.5. The molecule has 0 amide bonds. The fourth-order valence-corrected chi connectivity index (χ4v) is 7.46. The average molecular weight is 572 g/mol. The monoisotopic (exact) mass is 571 g/mol. The van der Waals surface area contributed by atoms with Crippen LogP contribution in [0.15, 0.2) is 24.3 Å². The topological polar surface area (TPSA) is 92.4 Å². The first kappa shape index (κ1) is 25.1. The third-order valence-electron chi connectivity index (χ3n) is 8.19. The summed E-state index contributed by atoms with van der Waals surface area (Å²) in [7, 11) is 0. The molecule has 0 aliphatic carbocycles. The largest absolute Gasteiger partial charge is 0.461 e. The van der Waals surface area contributed by atoms with Crippen molar-refractivity contribution in [1.82, 2.24) is 25.2 Å². The van der Waals surface area contributed by atoms with E-state index >= 15 is 4.39 Å². The summed E-state index contributed by atoms with van der Waals surface area (Å²) in [5.41, 5.74) is 7.09. The highest BCUT2D eigenvalue weighted by Crippen LogP contribution is 2.43. The summed E-state index contributed by atoms with van der Waals surface area (Å²) < 4.78 is 37.9. The van der Waals surface area contributed by atoms with Gasteiger partial charge in [-0.15, -0.1) is 0 Å². The Balaban J connectivity index is 1.36. The van der Waals surface area contributed by atoms with Crippen LogP contribution in [0.1, 0.15) is 19.3 Å². The lowest BCUT2D eigenvalue weighted by Gasteiger charge is -2.32. The van der Waals surface area contributed by atoms with Gasteiger partial charge in [0.1, 0.15) is 24.1 Å². The molecule has 3 N–H and O–H groups in total. The van der Waals surface area contributed by atoms with E-state index in [1.54, 1.807) is 12.1 Å². The van der Waals surface area contributed by atoms with E-state index in [1.165, 1.54) is 11.3 Å². The predicted octanol–water partition coefficient (Wildman–Crippen LogP) is 4.65. The summed E-state index contributed by atoms with van der Waals surface area (Å²) in [5, 5.41) is 4.50. The lowest BCUT2D eigenvalue weighted by atomic mass is 9.95. The number of aromatic nitrogens is 3. The van der Waals surface area contributed by atoms with Crippen molar-refractivity contribution >= 4 is 55.0 Å². The lowest BCUT2D eigenvalue weighted by Crippen LogP contribution is -2.44. The van der Waals surface area contributed by atoms with Crippen LogP contribution in [-0.2, 0) is 0 Å². The van der Waals surface area contributed by atoms with Gasteiger partial charge in [-0.2, -0.15) is 9.97 Å². The van der Waals surface area contributed by atoms with Crippen LogP contribution in [0.2, 0.25) is 5.02 Å².